The fourth-order valence-electron chi connectivity index (χ4n) is 6.87. The van der Waals surface area contributed by atoms with Gasteiger partial charge in [0.2, 0.25) is 0 Å². The Balaban J connectivity index is 1.33. The maximum atomic E-state index is 6.60. The van der Waals surface area contributed by atoms with Gasteiger partial charge in [-0.05, 0) is 77.2 Å². The van der Waals surface area contributed by atoms with Gasteiger partial charge in [0, 0.05) is 33.3 Å². The van der Waals surface area contributed by atoms with Crippen molar-refractivity contribution in [1.29, 1.82) is 0 Å². The van der Waals surface area contributed by atoms with Crippen LogP contribution < -0.4 is 0 Å². The van der Waals surface area contributed by atoms with Crippen molar-refractivity contribution in [3.63, 3.8) is 0 Å². The van der Waals surface area contributed by atoms with Gasteiger partial charge in [0.1, 0.15) is 11.2 Å². The zero-order valence-corrected chi connectivity index (χ0v) is 27.1. The van der Waals surface area contributed by atoms with Crippen LogP contribution in [0.15, 0.2) is 150 Å². The molecule has 0 spiro atoms. The number of para-hydroxylation sites is 1. The van der Waals surface area contributed by atoms with Crippen LogP contribution in [-0.2, 0) is 0 Å². The quantitative estimate of drug-likeness (QED) is 0.189. The van der Waals surface area contributed by atoms with Crippen molar-refractivity contribution in [3.05, 3.63) is 157 Å². The second-order valence-electron chi connectivity index (χ2n) is 12.4. The first kappa shape index (κ1) is 28.7. The monoisotopic (exact) mass is 630 g/mol. The topological polar surface area (TPSA) is 64.7 Å². The van der Waals surface area contributed by atoms with Crippen molar-refractivity contribution in [2.45, 2.75) is 13.8 Å². The zero-order chi connectivity index (χ0) is 32.9. The lowest BCUT2D eigenvalue weighted by Gasteiger charge is -2.14. The number of aryl methyl sites for hydroxylation is 2. The molecule has 0 amide bonds. The molecule has 0 aliphatic carbocycles. The summed E-state index contributed by atoms with van der Waals surface area (Å²) in [6.07, 6.45) is 0. The number of pyridine rings is 1. The van der Waals surface area contributed by atoms with E-state index in [1.807, 2.05) is 86.6 Å². The van der Waals surface area contributed by atoms with E-state index in [0.717, 1.165) is 72.1 Å². The summed E-state index contributed by atoms with van der Waals surface area (Å²) in [5, 5.41) is 4.40. The Morgan fingerprint density at radius 3 is 1.45 bits per heavy atom. The molecule has 0 aliphatic rings. The minimum Gasteiger partial charge on any atom is -0.455 e. The van der Waals surface area contributed by atoms with E-state index in [2.05, 4.69) is 77.8 Å². The molecule has 0 unspecified atom stereocenters. The van der Waals surface area contributed by atoms with Crippen LogP contribution >= 0.6 is 0 Å². The first-order valence-corrected chi connectivity index (χ1v) is 16.4. The minimum absolute atomic E-state index is 0.558. The minimum atomic E-state index is 0.558. The summed E-state index contributed by atoms with van der Waals surface area (Å²) < 4.78 is 6.60. The predicted octanol–water partition coefficient (Wildman–Crippen LogP) is 11.3. The molecular weight excluding hydrogens is 601 g/mol. The van der Waals surface area contributed by atoms with Crippen LogP contribution in [0, 0.1) is 13.8 Å². The number of rotatable bonds is 5. The van der Waals surface area contributed by atoms with Gasteiger partial charge in [-0.25, -0.2) is 15.0 Å². The second kappa shape index (κ2) is 11.7. The molecule has 0 saturated heterocycles. The van der Waals surface area contributed by atoms with E-state index < -0.39 is 0 Å². The van der Waals surface area contributed by atoms with E-state index in [1.165, 1.54) is 10.9 Å². The van der Waals surface area contributed by atoms with Gasteiger partial charge in [0.25, 0.3) is 0 Å². The Morgan fingerprint density at radius 1 is 0.367 bits per heavy atom. The highest BCUT2D eigenvalue weighted by molar-refractivity contribution is 6.13. The maximum absolute atomic E-state index is 6.60. The van der Waals surface area contributed by atoms with Gasteiger partial charge in [-0.2, -0.15) is 0 Å². The molecule has 0 aliphatic heterocycles. The Bertz CT molecular complexity index is 2600. The molecule has 0 atom stereocenters. The molecule has 0 fully saturated rings. The maximum Gasteiger partial charge on any atom is 0.167 e. The standard InChI is InChI=1S/C44H30N4O/c1-27-23-31(24-28(2)45-27)33-21-22-34(36-18-10-9-17-35(33)36)32-25-38-37-19-11-12-20-40(37)49-41(38)39(26-32)44-47-42(29-13-5-3-6-14-29)46-43(48-44)30-15-7-4-8-16-30/h3-26H,1-2H3. The van der Waals surface area contributed by atoms with Crippen LogP contribution in [0.1, 0.15) is 11.4 Å². The lowest BCUT2D eigenvalue weighted by atomic mass is 9.90. The third-order valence-electron chi connectivity index (χ3n) is 9.05. The molecule has 3 heterocycles. The smallest absolute Gasteiger partial charge is 0.167 e. The number of hydrogen-bond acceptors (Lipinski definition) is 5. The predicted molar refractivity (Wildman–Crippen MR) is 199 cm³/mol. The summed E-state index contributed by atoms with van der Waals surface area (Å²) in [7, 11) is 0. The summed E-state index contributed by atoms with van der Waals surface area (Å²) >= 11 is 0. The molecule has 9 aromatic rings. The molecule has 49 heavy (non-hydrogen) atoms. The normalized spacial score (nSPS) is 11.5. The Morgan fingerprint density at radius 2 is 0.857 bits per heavy atom. The zero-order valence-electron chi connectivity index (χ0n) is 27.1. The van der Waals surface area contributed by atoms with E-state index in [0.29, 0.717) is 17.5 Å². The van der Waals surface area contributed by atoms with Crippen molar-refractivity contribution >= 4 is 32.7 Å². The van der Waals surface area contributed by atoms with Gasteiger partial charge in [0.05, 0.1) is 5.56 Å². The Hall–Kier alpha value is -6.46. The SMILES string of the molecule is Cc1cc(-c2ccc(-c3cc(-c4nc(-c5ccccc5)nc(-c5ccccc5)n4)c4oc5ccccc5c4c3)c3ccccc23)cc(C)n1. The number of benzene rings is 6. The number of fused-ring (bicyclic) bond motifs is 4. The number of furan rings is 1. The van der Waals surface area contributed by atoms with Crippen LogP contribution in [0.5, 0.6) is 0 Å². The molecule has 232 valence electrons. The van der Waals surface area contributed by atoms with Crippen molar-refractivity contribution in [2.24, 2.45) is 0 Å². The highest BCUT2D eigenvalue weighted by Gasteiger charge is 2.21. The molecule has 0 saturated carbocycles. The molecule has 5 heteroatoms. The van der Waals surface area contributed by atoms with E-state index in [1.54, 1.807) is 0 Å². The van der Waals surface area contributed by atoms with Gasteiger partial charge < -0.3 is 4.42 Å². The highest BCUT2D eigenvalue weighted by atomic mass is 16.3. The molecule has 3 aromatic heterocycles. The summed E-state index contributed by atoms with van der Waals surface area (Å²) in [6.45, 7) is 4.10. The fraction of sp³-hybridized carbons (Fsp3) is 0.0455. The van der Waals surface area contributed by atoms with E-state index in [9.17, 15) is 0 Å². The molecule has 5 nitrogen and oxygen atoms in total. The van der Waals surface area contributed by atoms with Gasteiger partial charge >= 0.3 is 0 Å². The summed E-state index contributed by atoms with van der Waals surface area (Å²) in [5.74, 6) is 1.77. The molecule has 9 rings (SSSR count). The number of hydrogen-bond donors (Lipinski definition) is 0. The molecule has 0 N–H and O–H groups in total. The average Bonchev–Trinajstić information content (AvgIpc) is 3.53. The molecule has 6 aromatic carbocycles. The van der Waals surface area contributed by atoms with Crippen molar-refractivity contribution in [2.75, 3.05) is 0 Å². The molecule has 0 bridgehead atoms. The lowest BCUT2D eigenvalue weighted by Crippen LogP contribution is -2.00. The summed E-state index contributed by atoms with van der Waals surface area (Å²) in [5.41, 5.74) is 10.8. The van der Waals surface area contributed by atoms with Crippen LogP contribution in [0.3, 0.4) is 0 Å². The van der Waals surface area contributed by atoms with Gasteiger partial charge in [-0.1, -0.05) is 115 Å². The number of nitrogens with zero attached hydrogens (tertiary/aromatic N) is 4. The summed E-state index contributed by atoms with van der Waals surface area (Å²) in [6, 6.07) is 50.1. The summed E-state index contributed by atoms with van der Waals surface area (Å²) in [4.78, 5) is 19.8. The molecule has 0 radical (unpaired) electrons. The van der Waals surface area contributed by atoms with Gasteiger partial charge in [0.15, 0.2) is 17.5 Å². The first-order chi connectivity index (χ1) is 24.1. The second-order valence-corrected chi connectivity index (χ2v) is 12.4. The number of aromatic nitrogens is 4. The largest absolute Gasteiger partial charge is 0.455 e. The van der Waals surface area contributed by atoms with E-state index in [4.69, 9.17) is 19.4 Å². The van der Waals surface area contributed by atoms with Crippen LogP contribution in [0.4, 0.5) is 0 Å². The van der Waals surface area contributed by atoms with Crippen molar-refractivity contribution < 1.29 is 4.42 Å². The van der Waals surface area contributed by atoms with Crippen molar-refractivity contribution in [3.8, 4) is 56.4 Å². The molecular formula is C44H30N4O. The Labute approximate surface area is 283 Å². The Kier molecular flexibility index (Phi) is 6.83. The van der Waals surface area contributed by atoms with Gasteiger partial charge in [-0.3, -0.25) is 4.98 Å². The fourth-order valence-corrected chi connectivity index (χ4v) is 6.87. The average molecular weight is 631 g/mol. The third kappa shape index (κ3) is 5.13. The van der Waals surface area contributed by atoms with Crippen LogP contribution in [0.2, 0.25) is 0 Å². The van der Waals surface area contributed by atoms with Crippen LogP contribution in [0.25, 0.3) is 89.1 Å². The third-order valence-corrected chi connectivity index (χ3v) is 9.05. The van der Waals surface area contributed by atoms with E-state index in [-0.39, 0.29) is 0 Å². The highest BCUT2D eigenvalue weighted by Crippen LogP contribution is 2.42. The first-order valence-electron chi connectivity index (χ1n) is 16.4. The van der Waals surface area contributed by atoms with Crippen molar-refractivity contribution in [1.82, 2.24) is 19.9 Å². The van der Waals surface area contributed by atoms with Crippen LogP contribution in [-0.4, -0.2) is 19.9 Å². The van der Waals surface area contributed by atoms with E-state index >= 15 is 0 Å². The van der Waals surface area contributed by atoms with Gasteiger partial charge in [-0.15, -0.1) is 0 Å². The lowest BCUT2D eigenvalue weighted by molar-refractivity contribution is 0.669.